The third-order valence-corrected chi connectivity index (χ3v) is 6.73. The van der Waals surface area contributed by atoms with E-state index in [4.69, 9.17) is 5.73 Å². The van der Waals surface area contributed by atoms with Gasteiger partial charge in [-0.3, -0.25) is 14.5 Å². The van der Waals surface area contributed by atoms with Crippen molar-refractivity contribution >= 4 is 23.3 Å². The van der Waals surface area contributed by atoms with Gasteiger partial charge in [0.25, 0.3) is 0 Å². The number of carbonyl (C=O) groups excluding carboxylic acids is 2. The van der Waals surface area contributed by atoms with Gasteiger partial charge in [-0.05, 0) is 43.5 Å². The van der Waals surface area contributed by atoms with Gasteiger partial charge in [-0.1, -0.05) is 30.3 Å². The van der Waals surface area contributed by atoms with Crippen molar-refractivity contribution in [1.29, 1.82) is 0 Å². The van der Waals surface area contributed by atoms with Crippen LogP contribution in [0.1, 0.15) is 24.8 Å². The first-order valence-corrected chi connectivity index (χ1v) is 11.3. The maximum absolute atomic E-state index is 14.1. The highest BCUT2D eigenvalue weighted by Crippen LogP contribution is 2.46. The number of nitrogens with two attached hydrogens (primary N) is 1. The standard InChI is InChI=1S/C24H28F3N5O2/c25-24(26,27)23(10-12-31(16-23)14-17-5-2-1-3-6-17)22(34)30-19-8-9-20(29-13-19)32-11-4-7-18(15-32)21(28)33/h1-3,5-6,8-9,13,18H,4,7,10-12,14-16H2,(H2,28,33)(H,30,34). The van der Waals surface area contributed by atoms with Crippen LogP contribution in [0.2, 0.25) is 0 Å². The average Bonchev–Trinajstić information content (AvgIpc) is 3.26. The Morgan fingerprint density at radius 3 is 2.56 bits per heavy atom. The second-order valence-electron chi connectivity index (χ2n) is 9.07. The molecule has 7 nitrogen and oxygen atoms in total. The minimum absolute atomic E-state index is 0.176. The number of aromatic nitrogens is 1. The van der Waals surface area contributed by atoms with Gasteiger partial charge in [0.05, 0.1) is 17.8 Å². The van der Waals surface area contributed by atoms with Gasteiger partial charge in [-0.25, -0.2) is 4.98 Å². The summed E-state index contributed by atoms with van der Waals surface area (Å²) in [5, 5.41) is 2.43. The monoisotopic (exact) mass is 475 g/mol. The minimum Gasteiger partial charge on any atom is -0.369 e. The number of pyridine rings is 1. The van der Waals surface area contributed by atoms with Crippen LogP contribution in [-0.2, 0) is 16.1 Å². The summed E-state index contributed by atoms with van der Waals surface area (Å²) in [6.07, 6.45) is -2.12. The van der Waals surface area contributed by atoms with Crippen LogP contribution in [0.15, 0.2) is 48.7 Å². The van der Waals surface area contributed by atoms with Crippen LogP contribution in [0, 0.1) is 11.3 Å². The second kappa shape index (κ2) is 9.61. The molecule has 2 atom stereocenters. The van der Waals surface area contributed by atoms with Crippen molar-refractivity contribution in [3.8, 4) is 0 Å². The van der Waals surface area contributed by atoms with Crippen molar-refractivity contribution in [2.75, 3.05) is 36.4 Å². The molecule has 1 aromatic carbocycles. The van der Waals surface area contributed by atoms with Crippen molar-refractivity contribution in [2.45, 2.75) is 32.0 Å². The topological polar surface area (TPSA) is 91.6 Å². The first-order chi connectivity index (χ1) is 16.2. The molecule has 0 spiro atoms. The molecule has 0 bridgehead atoms. The summed E-state index contributed by atoms with van der Waals surface area (Å²) in [5.74, 6) is -1.10. The van der Waals surface area contributed by atoms with Crippen LogP contribution in [0.5, 0.6) is 0 Å². The molecule has 2 fully saturated rings. The molecule has 3 N–H and O–H groups in total. The number of piperidine rings is 1. The lowest BCUT2D eigenvalue weighted by molar-refractivity contribution is -0.215. The van der Waals surface area contributed by atoms with E-state index < -0.39 is 24.0 Å². The number of amides is 2. The molecule has 2 aromatic rings. The fourth-order valence-electron chi connectivity index (χ4n) is 4.73. The van der Waals surface area contributed by atoms with Crippen molar-refractivity contribution in [1.82, 2.24) is 9.88 Å². The largest absolute Gasteiger partial charge is 0.404 e. The van der Waals surface area contributed by atoms with Gasteiger partial charge in [0.2, 0.25) is 11.8 Å². The highest BCUT2D eigenvalue weighted by molar-refractivity contribution is 5.96. The van der Waals surface area contributed by atoms with E-state index in [1.54, 1.807) is 11.0 Å². The molecule has 182 valence electrons. The summed E-state index contributed by atoms with van der Waals surface area (Å²) in [6, 6.07) is 12.4. The lowest BCUT2D eigenvalue weighted by Crippen LogP contribution is -2.49. The van der Waals surface area contributed by atoms with Crippen LogP contribution in [0.4, 0.5) is 24.7 Å². The van der Waals surface area contributed by atoms with Gasteiger partial charge in [0, 0.05) is 26.2 Å². The molecule has 2 amide bonds. The van der Waals surface area contributed by atoms with Crippen LogP contribution in [-0.4, -0.2) is 54.1 Å². The molecule has 2 saturated heterocycles. The number of likely N-dealkylation sites (tertiary alicyclic amines) is 1. The Morgan fingerprint density at radius 1 is 1.15 bits per heavy atom. The van der Waals surface area contributed by atoms with Crippen LogP contribution in [0.25, 0.3) is 0 Å². The highest BCUT2D eigenvalue weighted by Gasteiger charge is 2.63. The predicted molar refractivity (Wildman–Crippen MR) is 122 cm³/mol. The van der Waals surface area contributed by atoms with Gasteiger partial charge < -0.3 is 16.0 Å². The smallest absolute Gasteiger partial charge is 0.369 e. The van der Waals surface area contributed by atoms with E-state index in [1.165, 1.54) is 12.3 Å². The summed E-state index contributed by atoms with van der Waals surface area (Å²) in [6.45, 7) is 1.28. The Morgan fingerprint density at radius 2 is 1.91 bits per heavy atom. The van der Waals surface area contributed by atoms with E-state index >= 15 is 0 Å². The van der Waals surface area contributed by atoms with Crippen molar-refractivity contribution in [3.05, 3.63) is 54.2 Å². The zero-order chi connectivity index (χ0) is 24.3. The lowest BCUT2D eigenvalue weighted by Gasteiger charge is -2.32. The number of alkyl halides is 3. The van der Waals surface area contributed by atoms with E-state index in [9.17, 15) is 22.8 Å². The number of hydrogen-bond acceptors (Lipinski definition) is 5. The first-order valence-electron chi connectivity index (χ1n) is 11.3. The predicted octanol–water partition coefficient (Wildman–Crippen LogP) is 3.18. The molecule has 2 unspecified atom stereocenters. The van der Waals surface area contributed by atoms with Gasteiger partial charge in [-0.2, -0.15) is 13.2 Å². The molecule has 3 heterocycles. The zero-order valence-corrected chi connectivity index (χ0v) is 18.7. The van der Waals surface area contributed by atoms with E-state index in [2.05, 4.69) is 10.3 Å². The minimum atomic E-state index is -4.69. The van der Waals surface area contributed by atoms with Crippen LogP contribution < -0.4 is 16.0 Å². The number of rotatable bonds is 6. The number of nitrogens with one attached hydrogen (secondary N) is 1. The second-order valence-corrected chi connectivity index (χ2v) is 9.07. The van der Waals surface area contributed by atoms with E-state index in [0.29, 0.717) is 25.5 Å². The maximum Gasteiger partial charge on any atom is 0.404 e. The normalized spacial score (nSPS) is 23.6. The Balaban J connectivity index is 1.44. The number of nitrogens with zero attached hydrogens (tertiary/aromatic N) is 3. The van der Waals surface area contributed by atoms with Crippen LogP contribution in [0.3, 0.4) is 0 Å². The zero-order valence-electron chi connectivity index (χ0n) is 18.7. The molecule has 10 heteroatoms. The fraction of sp³-hybridized carbons (Fsp3) is 0.458. The SMILES string of the molecule is NC(=O)C1CCCN(c2ccc(NC(=O)C3(C(F)(F)F)CCN(Cc4ccccc4)C3)cn2)C1. The molecule has 0 radical (unpaired) electrons. The maximum atomic E-state index is 14.1. The Kier molecular flexibility index (Phi) is 6.79. The lowest BCUT2D eigenvalue weighted by atomic mass is 9.85. The van der Waals surface area contributed by atoms with Crippen LogP contribution >= 0.6 is 0 Å². The quantitative estimate of drug-likeness (QED) is 0.670. The molecule has 2 aliphatic rings. The number of carbonyl (C=O) groups is 2. The number of halogens is 3. The van der Waals surface area contributed by atoms with E-state index in [-0.39, 0.29) is 30.5 Å². The molecule has 34 heavy (non-hydrogen) atoms. The molecular weight excluding hydrogens is 447 g/mol. The van der Waals surface area contributed by atoms with Crippen molar-refractivity contribution < 1.29 is 22.8 Å². The Bertz CT molecular complexity index is 1020. The highest BCUT2D eigenvalue weighted by atomic mass is 19.4. The number of benzene rings is 1. The van der Waals surface area contributed by atoms with Gasteiger partial charge in [0.1, 0.15) is 5.82 Å². The summed E-state index contributed by atoms with van der Waals surface area (Å²) in [7, 11) is 0. The number of hydrogen-bond donors (Lipinski definition) is 2. The van der Waals surface area contributed by atoms with Gasteiger partial charge >= 0.3 is 6.18 Å². The Labute approximate surface area is 196 Å². The molecule has 2 aliphatic heterocycles. The summed E-state index contributed by atoms with van der Waals surface area (Å²) < 4.78 is 42.4. The average molecular weight is 476 g/mol. The summed E-state index contributed by atoms with van der Waals surface area (Å²) in [5.41, 5.74) is 4.03. The van der Waals surface area contributed by atoms with Gasteiger partial charge in [-0.15, -0.1) is 0 Å². The van der Waals surface area contributed by atoms with E-state index in [1.807, 2.05) is 35.2 Å². The molecular formula is C24H28F3N5O2. The summed E-state index contributed by atoms with van der Waals surface area (Å²) in [4.78, 5) is 32.3. The Hall–Kier alpha value is -3.14. The molecule has 4 rings (SSSR count). The fourth-order valence-corrected chi connectivity index (χ4v) is 4.73. The third kappa shape index (κ3) is 5.01. The first kappa shape index (κ1) is 24.0. The molecule has 1 aromatic heterocycles. The summed E-state index contributed by atoms with van der Waals surface area (Å²) >= 11 is 0. The number of primary amides is 1. The van der Waals surface area contributed by atoms with Crippen molar-refractivity contribution in [2.24, 2.45) is 17.1 Å². The molecule has 0 saturated carbocycles. The number of anilines is 2. The van der Waals surface area contributed by atoms with E-state index in [0.717, 1.165) is 18.4 Å². The molecule has 0 aliphatic carbocycles. The van der Waals surface area contributed by atoms with Crippen molar-refractivity contribution in [3.63, 3.8) is 0 Å². The van der Waals surface area contributed by atoms with Gasteiger partial charge in [0.15, 0.2) is 5.41 Å². The third-order valence-electron chi connectivity index (χ3n) is 6.73.